The summed E-state index contributed by atoms with van der Waals surface area (Å²) >= 11 is 0. The van der Waals surface area contributed by atoms with Gasteiger partial charge in [-0.3, -0.25) is 9.36 Å². The molecule has 0 saturated heterocycles. The number of nitrogens with one attached hydrogen (secondary N) is 1. The Morgan fingerprint density at radius 3 is 1.13 bits per heavy atom. The number of carbonyl (C=O) groups excluding carboxylic acids is 1. The highest BCUT2D eigenvalue weighted by Gasteiger charge is 2.23. The van der Waals surface area contributed by atoms with E-state index in [0.717, 1.165) is 89.9 Å². The van der Waals surface area contributed by atoms with Gasteiger partial charge in [0, 0.05) is 6.42 Å². The molecule has 3 atom stereocenters. The van der Waals surface area contributed by atoms with Gasteiger partial charge in [-0.2, -0.15) is 0 Å². The molecule has 0 aromatic rings. The minimum atomic E-state index is -4.60. The van der Waals surface area contributed by atoms with E-state index in [4.69, 9.17) is 9.05 Å². The predicted octanol–water partition coefficient (Wildman–Crippen LogP) is 20.1. The molecule has 0 aliphatic carbocycles. The Morgan fingerprint density at radius 1 is 0.456 bits per heavy atom. The fourth-order valence-corrected chi connectivity index (χ4v) is 9.89. The van der Waals surface area contributed by atoms with E-state index in [9.17, 15) is 19.4 Å². The van der Waals surface area contributed by atoms with Gasteiger partial charge in [0.2, 0.25) is 5.91 Å². The van der Waals surface area contributed by atoms with Gasteiger partial charge in [-0.25, -0.2) is 0 Å². The van der Waals surface area contributed by atoms with E-state index in [1.165, 1.54) is 167 Å². The molecule has 0 aliphatic heterocycles. The van der Waals surface area contributed by atoms with Crippen LogP contribution in [0, 0.1) is 0 Å². The lowest BCUT2D eigenvalue weighted by Gasteiger charge is -2.29. The number of phosphoric ester groups is 1. The number of phosphoric acid groups is 1. The summed E-state index contributed by atoms with van der Waals surface area (Å²) in [6.07, 6.45) is 87.6. The second-order valence-corrected chi connectivity index (χ2v) is 24.5. The molecule has 0 spiro atoms. The molecular formula is C70H125N2O6P. The van der Waals surface area contributed by atoms with Crippen LogP contribution >= 0.6 is 7.82 Å². The second kappa shape index (κ2) is 59.8. The SMILES string of the molecule is CC/C=C\C/C=C\C/C=C\C/C=C\C/C=C\C/C=C\C/C=C\C/C=C\CCCCCCCCCCCCCCCCCCC(=O)NC(COP(=O)([O-])OCC[N+](C)(C)C)C(O)/C=C/CCCCCCCCCCCCCCCC. The first-order chi connectivity index (χ1) is 38.5. The average Bonchev–Trinajstić information content (AvgIpc) is 3.42. The molecule has 9 heteroatoms. The van der Waals surface area contributed by atoms with Crippen molar-refractivity contribution in [2.45, 2.75) is 289 Å². The summed E-state index contributed by atoms with van der Waals surface area (Å²) in [6.45, 7) is 4.55. The Morgan fingerprint density at radius 2 is 0.772 bits per heavy atom. The third kappa shape index (κ3) is 62.6. The highest BCUT2D eigenvalue weighted by atomic mass is 31.2. The molecular weight excluding hydrogens is 996 g/mol. The number of rotatable bonds is 59. The Balaban J connectivity index is 4.00. The molecule has 1 amide bonds. The molecule has 0 radical (unpaired) electrons. The Labute approximate surface area is 489 Å². The minimum Gasteiger partial charge on any atom is -0.756 e. The molecule has 0 aliphatic rings. The quantitative estimate of drug-likeness (QED) is 0.0272. The normalized spacial score (nSPS) is 14.5. The molecule has 2 N–H and O–H groups in total. The lowest BCUT2D eigenvalue weighted by molar-refractivity contribution is -0.870. The van der Waals surface area contributed by atoms with Crippen LogP contribution in [0.3, 0.4) is 0 Å². The number of hydrogen-bond acceptors (Lipinski definition) is 6. The number of carbonyl (C=O) groups is 1. The standard InChI is InChI=1S/C70H125N2O6P/c1-6-8-10-12-14-16-18-20-22-24-25-26-27-28-29-30-31-32-33-34-35-36-37-38-39-40-41-42-43-44-45-46-47-48-50-52-54-56-58-60-62-64-70(74)71-68(67-78-79(75,76)77-66-65-72(3,4)5)69(73)63-61-59-57-55-53-51-49-23-21-19-17-15-13-11-9-7-2/h8,10,14,16,20,22,25-26,28-29,31-32,34-35,37-38,61,63,68-69,73H,6-7,9,11-13,15,17-19,21,23-24,27,30,33,36,39-60,62,64-67H2,1-5H3,(H-,71,74,75,76)/b10-8-,16-14-,22-20-,26-25-,29-28-,32-31-,35-34-,38-37-,63-61+. The van der Waals surface area contributed by atoms with Gasteiger partial charge < -0.3 is 28.8 Å². The molecule has 0 aromatic heterocycles. The number of unbranched alkanes of at least 4 members (excludes halogenated alkanes) is 30. The zero-order valence-electron chi connectivity index (χ0n) is 52.0. The highest BCUT2D eigenvalue weighted by molar-refractivity contribution is 7.45. The predicted molar refractivity (Wildman–Crippen MR) is 343 cm³/mol. The molecule has 456 valence electrons. The number of nitrogens with zero attached hydrogens (tertiary/aromatic N) is 1. The summed E-state index contributed by atoms with van der Waals surface area (Å²) in [6, 6.07) is -0.891. The maximum absolute atomic E-state index is 13.0. The van der Waals surface area contributed by atoms with Crippen LogP contribution in [0.1, 0.15) is 277 Å². The first-order valence-corrected chi connectivity index (χ1v) is 34.2. The number of quaternary nitrogens is 1. The van der Waals surface area contributed by atoms with Crippen molar-refractivity contribution in [2.75, 3.05) is 40.9 Å². The molecule has 3 unspecified atom stereocenters. The van der Waals surface area contributed by atoms with E-state index < -0.39 is 20.0 Å². The number of likely N-dealkylation sites (N-methyl/N-ethyl adjacent to an activating group) is 1. The van der Waals surface area contributed by atoms with Crippen molar-refractivity contribution in [1.82, 2.24) is 5.32 Å². The van der Waals surface area contributed by atoms with Crippen LogP contribution < -0.4 is 10.2 Å². The van der Waals surface area contributed by atoms with Crippen LogP contribution in [0.2, 0.25) is 0 Å². The Bertz CT molecular complexity index is 1650. The molecule has 0 fully saturated rings. The van der Waals surface area contributed by atoms with E-state index in [0.29, 0.717) is 17.4 Å². The summed E-state index contributed by atoms with van der Waals surface area (Å²) in [5.74, 6) is -0.198. The third-order valence-corrected chi connectivity index (χ3v) is 15.2. The maximum Gasteiger partial charge on any atom is 0.268 e. The van der Waals surface area contributed by atoms with Crippen molar-refractivity contribution < 1.29 is 32.9 Å². The number of allylic oxidation sites excluding steroid dienone is 17. The zero-order valence-corrected chi connectivity index (χ0v) is 52.9. The minimum absolute atomic E-state index is 0.00341. The number of aliphatic hydroxyl groups is 1. The van der Waals surface area contributed by atoms with Crippen molar-refractivity contribution in [3.63, 3.8) is 0 Å². The molecule has 79 heavy (non-hydrogen) atoms. The second-order valence-electron chi connectivity index (χ2n) is 23.1. The average molecular weight is 1120 g/mol. The molecule has 8 nitrogen and oxygen atoms in total. The van der Waals surface area contributed by atoms with Gasteiger partial charge in [0.15, 0.2) is 0 Å². The van der Waals surface area contributed by atoms with Crippen molar-refractivity contribution >= 4 is 13.7 Å². The Hall–Kier alpha value is -2.84. The molecule has 0 rings (SSSR count). The van der Waals surface area contributed by atoms with Gasteiger partial charge in [-0.15, -0.1) is 0 Å². The van der Waals surface area contributed by atoms with Gasteiger partial charge in [0.25, 0.3) is 7.82 Å². The molecule has 0 aromatic carbocycles. The van der Waals surface area contributed by atoms with Crippen LogP contribution in [0.15, 0.2) is 109 Å². The van der Waals surface area contributed by atoms with E-state index >= 15 is 0 Å². The Kier molecular flexibility index (Phi) is 57.6. The smallest absolute Gasteiger partial charge is 0.268 e. The van der Waals surface area contributed by atoms with Gasteiger partial charge in [0.05, 0.1) is 39.9 Å². The van der Waals surface area contributed by atoms with Crippen LogP contribution in [0.5, 0.6) is 0 Å². The summed E-state index contributed by atoms with van der Waals surface area (Å²) in [5.41, 5.74) is 0. The first-order valence-electron chi connectivity index (χ1n) is 32.7. The fourth-order valence-electron chi connectivity index (χ4n) is 9.17. The van der Waals surface area contributed by atoms with Gasteiger partial charge in [-0.05, 0) is 83.5 Å². The van der Waals surface area contributed by atoms with Crippen molar-refractivity contribution in [1.29, 1.82) is 0 Å². The summed E-state index contributed by atoms with van der Waals surface area (Å²) in [4.78, 5) is 25.5. The maximum atomic E-state index is 13.0. The van der Waals surface area contributed by atoms with Gasteiger partial charge in [-0.1, -0.05) is 297 Å². The largest absolute Gasteiger partial charge is 0.756 e. The van der Waals surface area contributed by atoms with Crippen LogP contribution in [0.4, 0.5) is 0 Å². The van der Waals surface area contributed by atoms with Gasteiger partial charge in [0.1, 0.15) is 13.2 Å². The lowest BCUT2D eigenvalue weighted by Crippen LogP contribution is -2.45. The van der Waals surface area contributed by atoms with Crippen molar-refractivity contribution in [2.24, 2.45) is 0 Å². The monoisotopic (exact) mass is 1120 g/mol. The first kappa shape index (κ1) is 76.2. The fraction of sp³-hybridized carbons (Fsp3) is 0.729. The van der Waals surface area contributed by atoms with Crippen LogP contribution in [-0.4, -0.2) is 68.5 Å². The van der Waals surface area contributed by atoms with Gasteiger partial charge >= 0.3 is 0 Å². The van der Waals surface area contributed by atoms with E-state index in [-0.39, 0.29) is 19.1 Å². The lowest BCUT2D eigenvalue weighted by atomic mass is 10.0. The molecule has 0 bridgehead atoms. The topological polar surface area (TPSA) is 108 Å². The van der Waals surface area contributed by atoms with E-state index in [2.05, 4.69) is 116 Å². The highest BCUT2D eigenvalue weighted by Crippen LogP contribution is 2.38. The number of aliphatic hydroxyl groups excluding tert-OH is 1. The third-order valence-electron chi connectivity index (χ3n) is 14.2. The van der Waals surface area contributed by atoms with E-state index in [1.807, 2.05) is 27.2 Å². The number of hydrogen-bond donors (Lipinski definition) is 2. The summed E-state index contributed by atoms with van der Waals surface area (Å²) in [7, 11) is 1.26. The summed E-state index contributed by atoms with van der Waals surface area (Å²) in [5, 5.41) is 13.9. The summed E-state index contributed by atoms with van der Waals surface area (Å²) < 4.78 is 23.4. The van der Waals surface area contributed by atoms with Crippen LogP contribution in [0.25, 0.3) is 0 Å². The molecule has 0 saturated carbocycles. The van der Waals surface area contributed by atoms with Crippen molar-refractivity contribution in [3.8, 4) is 0 Å². The number of amides is 1. The molecule has 0 heterocycles. The van der Waals surface area contributed by atoms with Crippen molar-refractivity contribution in [3.05, 3.63) is 109 Å². The van der Waals surface area contributed by atoms with Crippen LogP contribution in [-0.2, 0) is 18.4 Å². The van der Waals surface area contributed by atoms with E-state index in [1.54, 1.807) is 6.08 Å². The zero-order chi connectivity index (χ0) is 57.7.